The summed E-state index contributed by atoms with van der Waals surface area (Å²) >= 11 is 0. The van der Waals surface area contributed by atoms with E-state index >= 15 is 0 Å². The molecule has 5 nitrogen and oxygen atoms in total. The summed E-state index contributed by atoms with van der Waals surface area (Å²) in [5, 5.41) is 0. The summed E-state index contributed by atoms with van der Waals surface area (Å²) in [6.45, 7) is 7.14. The van der Waals surface area contributed by atoms with Crippen molar-refractivity contribution in [3.63, 3.8) is 0 Å². The van der Waals surface area contributed by atoms with Crippen LogP contribution in [0.5, 0.6) is 0 Å². The van der Waals surface area contributed by atoms with Crippen LogP contribution in [0.3, 0.4) is 0 Å². The lowest BCUT2D eigenvalue weighted by molar-refractivity contribution is 0.241. The van der Waals surface area contributed by atoms with Crippen molar-refractivity contribution in [3.05, 3.63) is 59.9 Å². The highest BCUT2D eigenvalue weighted by molar-refractivity contribution is 8.93. The second-order valence-corrected chi connectivity index (χ2v) is 7.02. The van der Waals surface area contributed by atoms with Crippen molar-refractivity contribution in [2.45, 2.75) is 19.4 Å². The van der Waals surface area contributed by atoms with Gasteiger partial charge < -0.3 is 15.6 Å². The number of nitrogens with two attached hydrogens (primary N) is 1. The maximum Gasteiger partial charge on any atom is 0.125 e. The average molecular weight is 430 g/mol. The fraction of sp³-hybridized carbons (Fsp3) is 0.381. The number of piperazine rings is 1. The van der Waals surface area contributed by atoms with Crippen molar-refractivity contribution in [2.75, 3.05) is 37.6 Å². The molecule has 0 saturated carbocycles. The van der Waals surface area contributed by atoms with Gasteiger partial charge >= 0.3 is 0 Å². The lowest BCUT2D eigenvalue weighted by atomic mass is 10.1. The van der Waals surface area contributed by atoms with Crippen LogP contribution in [0.4, 0.5) is 5.69 Å². The van der Waals surface area contributed by atoms with Gasteiger partial charge in [0.25, 0.3) is 0 Å². The first-order valence-corrected chi connectivity index (χ1v) is 9.50. The van der Waals surface area contributed by atoms with Crippen LogP contribution in [0.2, 0.25) is 0 Å². The number of aromatic amines is 1. The molecule has 4 rings (SSSR count). The van der Waals surface area contributed by atoms with Crippen LogP contribution in [0, 0.1) is 0 Å². The standard InChI is InChI=1S/C21H27N5.BrH/c1-2-16-7-6-10-19-20(16)24-21(23-19)18(22)15-25-11-13-26(14-12-25)17-8-4-3-5-9-17;/h3-10,18H,2,11-15,22H2,1H3,(H,23,24);1H. The Hall–Kier alpha value is -1.89. The molecule has 0 bridgehead atoms. The molecule has 1 fully saturated rings. The highest BCUT2D eigenvalue weighted by Crippen LogP contribution is 2.21. The Morgan fingerprint density at radius 3 is 2.48 bits per heavy atom. The molecular weight excluding hydrogens is 402 g/mol. The number of hydrogen-bond acceptors (Lipinski definition) is 4. The van der Waals surface area contributed by atoms with Gasteiger partial charge in [0, 0.05) is 38.4 Å². The van der Waals surface area contributed by atoms with E-state index < -0.39 is 0 Å². The van der Waals surface area contributed by atoms with Crippen molar-refractivity contribution >= 4 is 33.7 Å². The third kappa shape index (κ3) is 4.34. The molecule has 3 aromatic rings. The number of halogens is 1. The first-order chi connectivity index (χ1) is 12.7. The topological polar surface area (TPSA) is 61.2 Å². The van der Waals surface area contributed by atoms with E-state index in [0.717, 1.165) is 56.0 Å². The molecule has 2 heterocycles. The SMILES string of the molecule is Br.CCc1cccc2[nH]c(C(N)CN3CCN(c4ccccc4)CC3)nc12. The molecule has 3 N–H and O–H groups in total. The van der Waals surface area contributed by atoms with E-state index in [4.69, 9.17) is 10.7 Å². The highest BCUT2D eigenvalue weighted by Gasteiger charge is 2.21. The summed E-state index contributed by atoms with van der Waals surface area (Å²) < 4.78 is 0. The summed E-state index contributed by atoms with van der Waals surface area (Å²) in [4.78, 5) is 13.1. The quantitative estimate of drug-likeness (QED) is 0.650. The molecule has 2 aromatic carbocycles. The monoisotopic (exact) mass is 429 g/mol. The van der Waals surface area contributed by atoms with E-state index in [1.54, 1.807) is 0 Å². The number of anilines is 1. The Morgan fingerprint density at radius 1 is 1.04 bits per heavy atom. The van der Waals surface area contributed by atoms with E-state index in [2.05, 4.69) is 70.2 Å². The maximum absolute atomic E-state index is 6.48. The zero-order chi connectivity index (χ0) is 17.9. The zero-order valence-corrected chi connectivity index (χ0v) is 17.5. The van der Waals surface area contributed by atoms with Gasteiger partial charge in [-0.2, -0.15) is 0 Å². The molecule has 0 aliphatic carbocycles. The van der Waals surface area contributed by atoms with Crippen LogP contribution < -0.4 is 10.6 Å². The predicted molar refractivity (Wildman–Crippen MR) is 118 cm³/mol. The average Bonchev–Trinajstić information content (AvgIpc) is 3.14. The lowest BCUT2D eigenvalue weighted by Gasteiger charge is -2.36. The van der Waals surface area contributed by atoms with Gasteiger partial charge in [-0.3, -0.25) is 4.90 Å². The molecule has 27 heavy (non-hydrogen) atoms. The molecular formula is C21H28BrN5. The van der Waals surface area contributed by atoms with Gasteiger partial charge in [-0.05, 0) is 30.2 Å². The summed E-state index contributed by atoms with van der Waals surface area (Å²) in [6, 6.07) is 16.8. The predicted octanol–water partition coefficient (Wildman–Crippen LogP) is 3.53. The molecule has 0 amide bonds. The third-order valence-electron chi connectivity index (χ3n) is 5.30. The van der Waals surface area contributed by atoms with Crippen molar-refractivity contribution in [1.82, 2.24) is 14.9 Å². The number of H-pyrrole nitrogens is 1. The number of aromatic nitrogens is 2. The van der Waals surface area contributed by atoms with Gasteiger partial charge in [-0.1, -0.05) is 37.3 Å². The molecule has 6 heteroatoms. The van der Waals surface area contributed by atoms with Gasteiger partial charge in [-0.15, -0.1) is 17.0 Å². The number of aryl methyl sites for hydroxylation is 1. The Morgan fingerprint density at radius 2 is 1.78 bits per heavy atom. The van der Waals surface area contributed by atoms with Crippen LogP contribution in [0.1, 0.15) is 24.4 Å². The smallest absolute Gasteiger partial charge is 0.125 e. The molecule has 0 radical (unpaired) electrons. The fourth-order valence-corrected chi connectivity index (χ4v) is 3.76. The van der Waals surface area contributed by atoms with Crippen LogP contribution in [0.25, 0.3) is 11.0 Å². The Balaban J connectivity index is 0.00000210. The molecule has 1 aliphatic heterocycles. The molecule has 0 spiro atoms. The van der Waals surface area contributed by atoms with Crippen molar-refractivity contribution < 1.29 is 0 Å². The molecule has 1 unspecified atom stereocenters. The fourth-order valence-electron chi connectivity index (χ4n) is 3.76. The zero-order valence-electron chi connectivity index (χ0n) is 15.8. The van der Waals surface area contributed by atoms with Crippen LogP contribution >= 0.6 is 17.0 Å². The summed E-state index contributed by atoms with van der Waals surface area (Å²) in [5.74, 6) is 0.895. The minimum absolute atomic E-state index is 0. The third-order valence-corrected chi connectivity index (χ3v) is 5.30. The maximum atomic E-state index is 6.48. The summed E-state index contributed by atoms with van der Waals surface area (Å²) in [7, 11) is 0. The number of nitrogens with one attached hydrogen (secondary N) is 1. The van der Waals surface area contributed by atoms with Gasteiger partial charge in [0.15, 0.2) is 0 Å². The Kier molecular flexibility index (Phi) is 6.52. The first kappa shape index (κ1) is 19.9. The summed E-state index contributed by atoms with van der Waals surface area (Å²) in [5.41, 5.74) is 11.2. The van der Waals surface area contributed by atoms with E-state index in [1.165, 1.54) is 11.3 Å². The minimum atomic E-state index is -0.0876. The van der Waals surface area contributed by atoms with Crippen LogP contribution in [-0.4, -0.2) is 47.6 Å². The van der Waals surface area contributed by atoms with Gasteiger partial charge in [-0.25, -0.2) is 4.98 Å². The molecule has 144 valence electrons. The van der Waals surface area contributed by atoms with E-state index in [0.29, 0.717) is 0 Å². The van der Waals surface area contributed by atoms with Gasteiger partial charge in [0.2, 0.25) is 0 Å². The van der Waals surface area contributed by atoms with Gasteiger partial charge in [0.05, 0.1) is 17.1 Å². The Bertz CT molecular complexity index is 855. The van der Waals surface area contributed by atoms with Crippen LogP contribution in [0.15, 0.2) is 48.5 Å². The van der Waals surface area contributed by atoms with Gasteiger partial charge in [0.1, 0.15) is 5.82 Å². The molecule has 1 saturated heterocycles. The number of fused-ring (bicyclic) bond motifs is 1. The van der Waals surface area contributed by atoms with Crippen molar-refractivity contribution in [1.29, 1.82) is 0 Å². The van der Waals surface area contributed by atoms with Crippen molar-refractivity contribution in [3.8, 4) is 0 Å². The normalized spacial score (nSPS) is 16.3. The number of para-hydroxylation sites is 2. The number of rotatable bonds is 5. The second kappa shape index (κ2) is 8.87. The number of nitrogens with zero attached hydrogens (tertiary/aromatic N) is 3. The second-order valence-electron chi connectivity index (χ2n) is 7.02. The highest BCUT2D eigenvalue weighted by atomic mass is 79.9. The Labute approximate surface area is 171 Å². The number of hydrogen-bond donors (Lipinski definition) is 2. The lowest BCUT2D eigenvalue weighted by Crippen LogP contribution is -2.48. The van der Waals surface area contributed by atoms with Crippen LogP contribution in [-0.2, 0) is 6.42 Å². The molecule has 1 aliphatic rings. The number of imidazole rings is 1. The van der Waals surface area contributed by atoms with E-state index in [1.807, 2.05) is 0 Å². The largest absolute Gasteiger partial charge is 0.369 e. The first-order valence-electron chi connectivity index (χ1n) is 9.50. The van der Waals surface area contributed by atoms with E-state index in [9.17, 15) is 0 Å². The minimum Gasteiger partial charge on any atom is -0.369 e. The number of benzene rings is 2. The van der Waals surface area contributed by atoms with Crippen molar-refractivity contribution in [2.24, 2.45) is 5.73 Å². The molecule has 1 aromatic heterocycles. The molecule has 1 atom stereocenters. The van der Waals surface area contributed by atoms with E-state index in [-0.39, 0.29) is 23.0 Å². The summed E-state index contributed by atoms with van der Waals surface area (Å²) in [6.07, 6.45) is 0.984.